The summed E-state index contributed by atoms with van der Waals surface area (Å²) in [4.78, 5) is 13.6. The van der Waals surface area contributed by atoms with Crippen LogP contribution in [0.2, 0.25) is 0 Å². The average molecular weight is 371 g/mol. The Morgan fingerprint density at radius 1 is 0.893 bits per heavy atom. The number of amides is 1. The van der Waals surface area contributed by atoms with Crippen LogP contribution in [0.15, 0.2) is 72.8 Å². The second kappa shape index (κ2) is 7.51. The lowest BCUT2D eigenvalue weighted by Gasteiger charge is -2.30. The molecule has 0 saturated heterocycles. The van der Waals surface area contributed by atoms with E-state index in [-0.39, 0.29) is 5.91 Å². The summed E-state index contributed by atoms with van der Waals surface area (Å²) < 4.78 is 5.21. The lowest BCUT2D eigenvalue weighted by molar-refractivity contribution is -0.125. The maximum Gasteiger partial charge on any atom is 0.235 e. The number of carbonyl (C=O) groups is 1. The average Bonchev–Trinajstić information content (AvgIpc) is 3.04. The normalized spacial score (nSPS) is 13.5. The van der Waals surface area contributed by atoms with E-state index in [2.05, 4.69) is 36.5 Å². The number of ether oxygens (including phenoxy) is 1. The number of methoxy groups -OCH3 is 1. The molecule has 0 fully saturated rings. The molecule has 4 rings (SSSR count). The summed E-state index contributed by atoms with van der Waals surface area (Å²) >= 11 is 0. The largest absolute Gasteiger partial charge is 0.497 e. The number of rotatable bonds is 6. The van der Waals surface area contributed by atoms with Gasteiger partial charge in [0.25, 0.3) is 0 Å². The molecule has 0 unspecified atom stereocenters. The van der Waals surface area contributed by atoms with Crippen LogP contribution in [-0.2, 0) is 16.8 Å². The van der Waals surface area contributed by atoms with Gasteiger partial charge in [-0.15, -0.1) is 0 Å². The van der Waals surface area contributed by atoms with Crippen molar-refractivity contribution in [3.63, 3.8) is 0 Å². The molecule has 3 aromatic carbocycles. The van der Waals surface area contributed by atoms with E-state index in [4.69, 9.17) is 4.74 Å². The van der Waals surface area contributed by atoms with Gasteiger partial charge in [0.2, 0.25) is 5.91 Å². The molecule has 0 aliphatic heterocycles. The lowest BCUT2D eigenvalue weighted by Crippen LogP contribution is -2.43. The highest BCUT2D eigenvalue weighted by Crippen LogP contribution is 2.51. The third-order valence-electron chi connectivity index (χ3n) is 5.69. The highest BCUT2D eigenvalue weighted by atomic mass is 16.5. The Labute approximate surface area is 166 Å². The van der Waals surface area contributed by atoms with Gasteiger partial charge in [0.1, 0.15) is 11.2 Å². The number of carbonyl (C=O) groups excluding carboxylic acids is 1. The topological polar surface area (TPSA) is 38.3 Å². The summed E-state index contributed by atoms with van der Waals surface area (Å²) in [5.41, 5.74) is 5.00. The monoisotopic (exact) mass is 371 g/mol. The van der Waals surface area contributed by atoms with Crippen molar-refractivity contribution >= 4 is 5.91 Å². The molecule has 3 heteroatoms. The molecule has 1 aliphatic carbocycles. The molecular formula is C25H25NO2. The standard InChI is InChI=1S/C25H25NO2/c1-3-16-25(24(27)26-17-18-12-14-19(28-2)15-13-18)22-10-6-4-8-20(22)21-9-5-7-11-23(21)25/h4-15H,3,16-17H2,1-2H3,(H,26,27). The molecule has 0 spiro atoms. The summed E-state index contributed by atoms with van der Waals surface area (Å²) in [5.74, 6) is 0.888. The Kier molecular flexibility index (Phi) is 4.91. The van der Waals surface area contributed by atoms with E-state index in [9.17, 15) is 4.79 Å². The van der Waals surface area contributed by atoms with Crippen LogP contribution in [0.5, 0.6) is 5.75 Å². The van der Waals surface area contributed by atoms with Crippen molar-refractivity contribution in [1.82, 2.24) is 5.32 Å². The van der Waals surface area contributed by atoms with Crippen LogP contribution < -0.4 is 10.1 Å². The highest BCUT2D eigenvalue weighted by molar-refractivity contribution is 6.00. The molecule has 0 heterocycles. The quantitative estimate of drug-likeness (QED) is 0.656. The van der Waals surface area contributed by atoms with Gasteiger partial charge in [0.05, 0.1) is 7.11 Å². The Bertz CT molecular complexity index is 946. The molecule has 1 amide bonds. The first-order chi connectivity index (χ1) is 13.7. The lowest BCUT2D eigenvalue weighted by atomic mass is 9.73. The van der Waals surface area contributed by atoms with E-state index in [0.717, 1.165) is 35.3 Å². The zero-order valence-corrected chi connectivity index (χ0v) is 16.4. The van der Waals surface area contributed by atoms with Crippen molar-refractivity contribution in [3.05, 3.63) is 89.5 Å². The van der Waals surface area contributed by atoms with Crippen LogP contribution in [-0.4, -0.2) is 13.0 Å². The smallest absolute Gasteiger partial charge is 0.235 e. The summed E-state index contributed by atoms with van der Waals surface area (Å²) in [6.45, 7) is 2.64. The van der Waals surface area contributed by atoms with E-state index < -0.39 is 5.41 Å². The second-order valence-corrected chi connectivity index (χ2v) is 7.28. The first kappa shape index (κ1) is 18.3. The van der Waals surface area contributed by atoms with E-state index in [1.54, 1.807) is 7.11 Å². The number of hydrogen-bond donors (Lipinski definition) is 1. The summed E-state index contributed by atoms with van der Waals surface area (Å²) in [7, 11) is 1.65. The number of nitrogens with one attached hydrogen (secondary N) is 1. The van der Waals surface area contributed by atoms with E-state index in [1.165, 1.54) is 11.1 Å². The highest BCUT2D eigenvalue weighted by Gasteiger charge is 2.47. The first-order valence-corrected chi connectivity index (χ1v) is 9.81. The van der Waals surface area contributed by atoms with Crippen molar-refractivity contribution in [3.8, 4) is 16.9 Å². The molecule has 28 heavy (non-hydrogen) atoms. The van der Waals surface area contributed by atoms with Gasteiger partial charge in [-0.05, 0) is 46.4 Å². The third kappa shape index (κ3) is 2.88. The van der Waals surface area contributed by atoms with Crippen molar-refractivity contribution < 1.29 is 9.53 Å². The van der Waals surface area contributed by atoms with Crippen molar-refractivity contribution in [2.45, 2.75) is 31.7 Å². The summed E-state index contributed by atoms with van der Waals surface area (Å²) in [6.07, 6.45) is 1.72. The molecule has 0 aromatic heterocycles. The fraction of sp³-hybridized carbons (Fsp3) is 0.240. The number of fused-ring (bicyclic) bond motifs is 3. The van der Waals surface area contributed by atoms with Gasteiger partial charge in [-0.25, -0.2) is 0 Å². The van der Waals surface area contributed by atoms with Gasteiger partial charge >= 0.3 is 0 Å². The molecule has 1 aliphatic rings. The van der Waals surface area contributed by atoms with Crippen LogP contribution >= 0.6 is 0 Å². The molecule has 3 aromatic rings. The Balaban J connectivity index is 1.70. The van der Waals surface area contributed by atoms with Gasteiger partial charge in [0.15, 0.2) is 0 Å². The van der Waals surface area contributed by atoms with Gasteiger partial charge in [-0.3, -0.25) is 4.79 Å². The molecular weight excluding hydrogens is 346 g/mol. The Morgan fingerprint density at radius 2 is 1.46 bits per heavy atom. The molecule has 0 bridgehead atoms. The number of benzene rings is 3. The minimum atomic E-state index is -0.631. The fourth-order valence-corrected chi connectivity index (χ4v) is 4.40. The first-order valence-electron chi connectivity index (χ1n) is 9.81. The van der Waals surface area contributed by atoms with Crippen LogP contribution in [0.25, 0.3) is 11.1 Å². The number of hydrogen-bond acceptors (Lipinski definition) is 2. The van der Waals surface area contributed by atoms with E-state index >= 15 is 0 Å². The van der Waals surface area contributed by atoms with E-state index in [1.807, 2.05) is 48.5 Å². The molecule has 142 valence electrons. The van der Waals surface area contributed by atoms with Crippen LogP contribution in [0.3, 0.4) is 0 Å². The molecule has 1 N–H and O–H groups in total. The molecule has 0 radical (unpaired) electrons. The predicted octanol–water partition coefficient (Wildman–Crippen LogP) is 5.08. The minimum Gasteiger partial charge on any atom is -0.497 e. The summed E-state index contributed by atoms with van der Waals surface area (Å²) in [5, 5.41) is 3.21. The molecule has 0 atom stereocenters. The third-order valence-corrected chi connectivity index (χ3v) is 5.69. The van der Waals surface area contributed by atoms with Gasteiger partial charge in [0, 0.05) is 6.54 Å². The van der Waals surface area contributed by atoms with Crippen LogP contribution in [0, 0.1) is 0 Å². The van der Waals surface area contributed by atoms with Crippen molar-refractivity contribution in [2.75, 3.05) is 7.11 Å². The minimum absolute atomic E-state index is 0.0718. The fourth-order valence-electron chi connectivity index (χ4n) is 4.40. The maximum absolute atomic E-state index is 13.6. The Morgan fingerprint density at radius 3 is 2.00 bits per heavy atom. The van der Waals surface area contributed by atoms with Crippen LogP contribution in [0.4, 0.5) is 0 Å². The second-order valence-electron chi connectivity index (χ2n) is 7.28. The zero-order valence-electron chi connectivity index (χ0n) is 16.4. The van der Waals surface area contributed by atoms with Crippen molar-refractivity contribution in [1.29, 1.82) is 0 Å². The van der Waals surface area contributed by atoms with Gasteiger partial charge in [-0.1, -0.05) is 74.0 Å². The molecule has 3 nitrogen and oxygen atoms in total. The van der Waals surface area contributed by atoms with Gasteiger partial charge < -0.3 is 10.1 Å². The molecule has 0 saturated carbocycles. The maximum atomic E-state index is 13.6. The van der Waals surface area contributed by atoms with Gasteiger partial charge in [-0.2, -0.15) is 0 Å². The van der Waals surface area contributed by atoms with Crippen molar-refractivity contribution in [2.24, 2.45) is 0 Å². The summed E-state index contributed by atoms with van der Waals surface area (Å²) in [6, 6.07) is 24.5. The van der Waals surface area contributed by atoms with Crippen LogP contribution in [0.1, 0.15) is 36.5 Å². The predicted molar refractivity (Wildman–Crippen MR) is 112 cm³/mol. The van der Waals surface area contributed by atoms with E-state index in [0.29, 0.717) is 6.54 Å². The SMILES string of the molecule is CCCC1(C(=O)NCc2ccc(OC)cc2)c2ccccc2-c2ccccc21. The Hall–Kier alpha value is -3.07. The zero-order chi connectivity index (χ0) is 19.6.